The number of nitrogens with one attached hydrogen (secondary N) is 1. The van der Waals surface area contributed by atoms with Crippen LogP contribution in [-0.2, 0) is 19.5 Å². The van der Waals surface area contributed by atoms with E-state index < -0.39 is 0 Å². The molecule has 0 radical (unpaired) electrons. The van der Waals surface area contributed by atoms with E-state index in [1.807, 2.05) is 12.1 Å². The lowest BCUT2D eigenvalue weighted by atomic mass is 10.0. The van der Waals surface area contributed by atoms with Gasteiger partial charge in [0.1, 0.15) is 0 Å². The molecule has 5 nitrogen and oxygen atoms in total. The van der Waals surface area contributed by atoms with Gasteiger partial charge in [-0.25, -0.2) is 4.98 Å². The van der Waals surface area contributed by atoms with Crippen LogP contribution in [0.15, 0.2) is 28.0 Å². The lowest BCUT2D eigenvalue weighted by molar-refractivity contribution is 0.241. The monoisotopic (exact) mass is 390 g/mol. The number of benzene rings is 1. The maximum Gasteiger partial charge on any atom is 0.255 e. The number of halogens is 2. The SMILES string of the molecule is O=c1[nH]c(C2=NCCCC2)nc2c1CN(Cc1ccc(Cl)cc1Cl)CC2. The molecule has 2 aliphatic heterocycles. The van der Waals surface area contributed by atoms with E-state index in [0.29, 0.717) is 29.0 Å². The summed E-state index contributed by atoms with van der Waals surface area (Å²) in [6.07, 6.45) is 3.86. The lowest BCUT2D eigenvalue weighted by Gasteiger charge is -2.28. The van der Waals surface area contributed by atoms with Crippen LogP contribution < -0.4 is 5.56 Å². The number of fused-ring (bicyclic) bond motifs is 1. The smallest absolute Gasteiger partial charge is 0.255 e. The Balaban J connectivity index is 1.55. The number of H-pyrrole nitrogens is 1. The highest BCUT2D eigenvalue weighted by atomic mass is 35.5. The number of aliphatic imine (C=N–C) groups is 1. The van der Waals surface area contributed by atoms with E-state index in [0.717, 1.165) is 61.3 Å². The van der Waals surface area contributed by atoms with Gasteiger partial charge in [0.15, 0.2) is 5.82 Å². The van der Waals surface area contributed by atoms with Gasteiger partial charge in [0.05, 0.1) is 17.0 Å². The topological polar surface area (TPSA) is 61.4 Å². The molecule has 2 aliphatic rings. The largest absolute Gasteiger partial charge is 0.305 e. The van der Waals surface area contributed by atoms with Gasteiger partial charge in [0, 0.05) is 42.6 Å². The fourth-order valence-corrected chi connectivity index (χ4v) is 4.00. The second-order valence-corrected chi connectivity index (χ2v) is 7.67. The Hall–Kier alpha value is -1.69. The summed E-state index contributed by atoms with van der Waals surface area (Å²) in [6.45, 7) is 2.92. The van der Waals surface area contributed by atoms with Gasteiger partial charge in [0.2, 0.25) is 0 Å². The normalized spacial score (nSPS) is 17.7. The summed E-state index contributed by atoms with van der Waals surface area (Å²) >= 11 is 12.2. The third kappa shape index (κ3) is 3.70. The van der Waals surface area contributed by atoms with Crippen LogP contribution in [-0.4, -0.2) is 33.7 Å². The van der Waals surface area contributed by atoms with Crippen molar-refractivity contribution in [2.24, 2.45) is 4.99 Å². The molecule has 3 heterocycles. The molecular formula is C19H20Cl2N4O. The van der Waals surface area contributed by atoms with Gasteiger partial charge in [-0.15, -0.1) is 0 Å². The Morgan fingerprint density at radius 2 is 2.08 bits per heavy atom. The summed E-state index contributed by atoms with van der Waals surface area (Å²) in [5, 5.41) is 1.28. The van der Waals surface area contributed by atoms with E-state index in [1.54, 1.807) is 6.07 Å². The van der Waals surface area contributed by atoms with Crippen molar-refractivity contribution in [3.63, 3.8) is 0 Å². The first-order valence-electron chi connectivity index (χ1n) is 8.92. The highest BCUT2D eigenvalue weighted by molar-refractivity contribution is 6.35. The van der Waals surface area contributed by atoms with Crippen molar-refractivity contribution in [3.05, 3.63) is 61.2 Å². The number of aromatic amines is 1. The first-order valence-corrected chi connectivity index (χ1v) is 9.68. The Morgan fingerprint density at radius 1 is 1.19 bits per heavy atom. The maximum absolute atomic E-state index is 12.6. The number of nitrogens with zero attached hydrogens (tertiary/aromatic N) is 3. The fraction of sp³-hybridized carbons (Fsp3) is 0.421. The molecule has 1 aromatic heterocycles. The van der Waals surface area contributed by atoms with Gasteiger partial charge in [-0.2, -0.15) is 0 Å². The average Bonchev–Trinajstić information content (AvgIpc) is 2.65. The molecule has 0 unspecified atom stereocenters. The third-order valence-corrected chi connectivity index (χ3v) is 5.54. The molecule has 0 saturated carbocycles. The minimum absolute atomic E-state index is 0.0508. The van der Waals surface area contributed by atoms with Gasteiger partial charge < -0.3 is 4.98 Å². The van der Waals surface area contributed by atoms with Crippen molar-refractivity contribution >= 4 is 28.9 Å². The standard InChI is InChI=1S/C19H20Cl2N4O/c20-13-5-4-12(15(21)9-13)10-25-8-6-16-14(11-25)19(26)24-18(23-16)17-3-1-2-7-22-17/h4-5,9H,1-3,6-8,10-11H2,(H,23,24,26). The van der Waals surface area contributed by atoms with Gasteiger partial charge in [-0.3, -0.25) is 14.7 Å². The Labute approximate surface area is 162 Å². The minimum Gasteiger partial charge on any atom is -0.305 e. The molecule has 7 heteroatoms. The van der Waals surface area contributed by atoms with Crippen LogP contribution in [0.1, 0.15) is 41.9 Å². The molecule has 0 bridgehead atoms. The van der Waals surface area contributed by atoms with Crippen molar-refractivity contribution in [1.82, 2.24) is 14.9 Å². The third-order valence-electron chi connectivity index (χ3n) is 4.95. The second-order valence-electron chi connectivity index (χ2n) is 6.82. The van der Waals surface area contributed by atoms with Crippen LogP contribution in [0.3, 0.4) is 0 Å². The summed E-state index contributed by atoms with van der Waals surface area (Å²) < 4.78 is 0. The Morgan fingerprint density at radius 3 is 2.85 bits per heavy atom. The zero-order valence-corrected chi connectivity index (χ0v) is 15.9. The Kier molecular flexibility index (Phi) is 5.11. The highest BCUT2D eigenvalue weighted by Crippen LogP contribution is 2.24. The van der Waals surface area contributed by atoms with E-state index >= 15 is 0 Å². The van der Waals surface area contributed by atoms with Crippen LogP contribution >= 0.6 is 23.2 Å². The van der Waals surface area contributed by atoms with Crippen molar-refractivity contribution in [3.8, 4) is 0 Å². The molecule has 0 amide bonds. The predicted octanol–water partition coefficient (Wildman–Crippen LogP) is 3.61. The van der Waals surface area contributed by atoms with Gasteiger partial charge >= 0.3 is 0 Å². The molecule has 136 valence electrons. The first-order chi connectivity index (χ1) is 12.6. The minimum atomic E-state index is -0.0508. The highest BCUT2D eigenvalue weighted by Gasteiger charge is 2.23. The van der Waals surface area contributed by atoms with Crippen LogP contribution in [0.4, 0.5) is 0 Å². The molecular weight excluding hydrogens is 371 g/mol. The van der Waals surface area contributed by atoms with Crippen LogP contribution in [0.2, 0.25) is 10.0 Å². The first kappa shape index (κ1) is 17.7. The molecule has 26 heavy (non-hydrogen) atoms. The zero-order chi connectivity index (χ0) is 18.1. The summed E-state index contributed by atoms with van der Waals surface area (Å²) in [5.41, 5.74) is 3.55. The van der Waals surface area contributed by atoms with E-state index in [9.17, 15) is 4.79 Å². The lowest BCUT2D eigenvalue weighted by Crippen LogP contribution is -2.36. The summed E-state index contributed by atoms with van der Waals surface area (Å²) in [6, 6.07) is 5.53. The molecule has 1 N–H and O–H groups in total. The number of rotatable bonds is 3. The molecule has 2 aromatic rings. The van der Waals surface area contributed by atoms with Crippen molar-refractivity contribution in [2.45, 2.75) is 38.8 Å². The quantitative estimate of drug-likeness (QED) is 0.870. The van der Waals surface area contributed by atoms with E-state index in [4.69, 9.17) is 28.2 Å². The Bertz CT molecular complexity index is 922. The number of hydrogen-bond acceptors (Lipinski definition) is 4. The van der Waals surface area contributed by atoms with Crippen molar-refractivity contribution < 1.29 is 0 Å². The predicted molar refractivity (Wildman–Crippen MR) is 104 cm³/mol. The number of hydrogen-bond donors (Lipinski definition) is 1. The van der Waals surface area contributed by atoms with Crippen molar-refractivity contribution in [2.75, 3.05) is 13.1 Å². The molecule has 4 rings (SSSR count). The maximum atomic E-state index is 12.6. The van der Waals surface area contributed by atoms with Gasteiger partial charge in [-0.05, 0) is 37.0 Å². The molecule has 0 aliphatic carbocycles. The molecule has 0 spiro atoms. The summed E-state index contributed by atoms with van der Waals surface area (Å²) in [7, 11) is 0. The van der Waals surface area contributed by atoms with Gasteiger partial charge in [-0.1, -0.05) is 29.3 Å². The molecule has 0 fully saturated rings. The van der Waals surface area contributed by atoms with E-state index in [2.05, 4.69) is 14.9 Å². The summed E-state index contributed by atoms with van der Waals surface area (Å²) in [4.78, 5) is 27.0. The van der Waals surface area contributed by atoms with Crippen molar-refractivity contribution in [1.29, 1.82) is 0 Å². The van der Waals surface area contributed by atoms with E-state index in [-0.39, 0.29) is 5.56 Å². The van der Waals surface area contributed by atoms with Crippen LogP contribution in [0.5, 0.6) is 0 Å². The molecule has 0 saturated heterocycles. The van der Waals surface area contributed by atoms with Crippen LogP contribution in [0, 0.1) is 0 Å². The molecule has 1 aromatic carbocycles. The fourth-order valence-electron chi connectivity index (χ4n) is 3.53. The average molecular weight is 391 g/mol. The summed E-state index contributed by atoms with van der Waals surface area (Å²) in [5.74, 6) is 0.655. The van der Waals surface area contributed by atoms with Crippen LogP contribution in [0.25, 0.3) is 0 Å². The van der Waals surface area contributed by atoms with E-state index in [1.165, 1.54) is 0 Å². The zero-order valence-electron chi connectivity index (χ0n) is 14.4. The molecule has 0 atom stereocenters. The number of aromatic nitrogens is 2. The second kappa shape index (κ2) is 7.51. The van der Waals surface area contributed by atoms with Gasteiger partial charge in [0.25, 0.3) is 5.56 Å².